The fourth-order valence-electron chi connectivity index (χ4n) is 4.64. The monoisotopic (exact) mass is 298 g/mol. The zero-order valence-corrected chi connectivity index (χ0v) is 13.3. The molecule has 1 amide bonds. The van der Waals surface area contributed by atoms with Gasteiger partial charge in [-0.2, -0.15) is 0 Å². The number of hydrogen-bond donors (Lipinski definition) is 2. The van der Waals surface area contributed by atoms with Crippen LogP contribution >= 0.6 is 9.39 Å². The number of aliphatic hydroxyl groups excluding tert-OH is 1. The van der Waals surface area contributed by atoms with E-state index in [-0.39, 0.29) is 24.0 Å². The summed E-state index contributed by atoms with van der Waals surface area (Å²) in [7, 11) is 2.71. The third-order valence-corrected chi connectivity index (χ3v) is 6.34. The van der Waals surface area contributed by atoms with Crippen LogP contribution in [0.25, 0.3) is 0 Å². The van der Waals surface area contributed by atoms with Crippen LogP contribution in [0.3, 0.4) is 0 Å². The second-order valence-electron chi connectivity index (χ2n) is 6.90. The molecule has 2 N–H and O–H groups in total. The summed E-state index contributed by atoms with van der Waals surface area (Å²) in [5, 5.41) is 12.8. The molecule has 0 aromatic carbocycles. The molecule has 0 aromatic rings. The van der Waals surface area contributed by atoms with Crippen molar-refractivity contribution in [3.8, 4) is 0 Å². The van der Waals surface area contributed by atoms with Crippen molar-refractivity contribution in [3.63, 3.8) is 0 Å². The van der Waals surface area contributed by atoms with E-state index in [0.717, 1.165) is 19.4 Å². The molecular formula is C15H27N2O2P. The van der Waals surface area contributed by atoms with Crippen molar-refractivity contribution in [1.29, 1.82) is 0 Å². The van der Waals surface area contributed by atoms with Gasteiger partial charge in [-0.25, -0.2) is 0 Å². The van der Waals surface area contributed by atoms with Crippen molar-refractivity contribution in [2.45, 2.75) is 63.5 Å². The van der Waals surface area contributed by atoms with Gasteiger partial charge in [-0.1, -0.05) is 41.5 Å². The van der Waals surface area contributed by atoms with E-state index in [4.69, 9.17) is 0 Å². The molecule has 0 radical (unpaired) electrons. The van der Waals surface area contributed by atoms with Gasteiger partial charge < -0.3 is 10.4 Å². The number of rotatable bonds is 1. The van der Waals surface area contributed by atoms with Crippen LogP contribution in [0.5, 0.6) is 0 Å². The highest BCUT2D eigenvalue weighted by atomic mass is 31.0. The molecule has 5 atom stereocenters. The number of aliphatic hydroxyl groups is 1. The Morgan fingerprint density at radius 2 is 1.95 bits per heavy atom. The molecule has 5 unspecified atom stereocenters. The second-order valence-corrected chi connectivity index (χ2v) is 7.56. The topological polar surface area (TPSA) is 52.6 Å². The van der Waals surface area contributed by atoms with Crippen LogP contribution in [-0.2, 0) is 4.79 Å². The van der Waals surface area contributed by atoms with Gasteiger partial charge in [0.15, 0.2) is 0 Å². The maximum absolute atomic E-state index is 12.7. The Kier molecular flexibility index (Phi) is 4.35. The van der Waals surface area contributed by atoms with Gasteiger partial charge >= 0.3 is 0 Å². The van der Waals surface area contributed by atoms with E-state index in [1.807, 2.05) is 0 Å². The minimum Gasteiger partial charge on any atom is -0.395 e. The molecule has 1 spiro atoms. The van der Waals surface area contributed by atoms with Crippen molar-refractivity contribution in [2.75, 3.05) is 13.2 Å². The largest absolute Gasteiger partial charge is 0.395 e. The number of fused-ring (bicyclic) bond motifs is 2. The van der Waals surface area contributed by atoms with Crippen LogP contribution in [-0.4, -0.2) is 40.9 Å². The molecule has 4 nitrogen and oxygen atoms in total. The van der Waals surface area contributed by atoms with Crippen LogP contribution < -0.4 is 5.32 Å². The first-order chi connectivity index (χ1) is 9.67. The van der Waals surface area contributed by atoms with Gasteiger partial charge in [0, 0.05) is 18.6 Å². The second kappa shape index (κ2) is 5.90. The van der Waals surface area contributed by atoms with E-state index in [9.17, 15) is 9.90 Å². The molecule has 1 saturated carbocycles. The third-order valence-electron chi connectivity index (χ3n) is 5.74. The summed E-state index contributed by atoms with van der Waals surface area (Å²) < 4.78 is 2.11. The van der Waals surface area contributed by atoms with Crippen LogP contribution in [0.15, 0.2) is 0 Å². The zero-order chi connectivity index (χ0) is 14.2. The first-order valence-electron chi connectivity index (χ1n) is 8.10. The predicted molar refractivity (Wildman–Crippen MR) is 82.1 cm³/mol. The molecule has 2 saturated heterocycles. The fourth-order valence-corrected chi connectivity index (χ4v) is 5.16. The average Bonchev–Trinajstić information content (AvgIpc) is 2.92. The van der Waals surface area contributed by atoms with Crippen molar-refractivity contribution in [1.82, 2.24) is 9.99 Å². The lowest BCUT2D eigenvalue weighted by Gasteiger charge is -2.30. The number of carbonyl (C=O) groups excluding carboxylic acids is 1. The highest BCUT2D eigenvalue weighted by Crippen LogP contribution is 2.50. The summed E-state index contributed by atoms with van der Waals surface area (Å²) in [4.78, 5) is 12.7. The highest BCUT2D eigenvalue weighted by molar-refractivity contribution is 7.13. The molecule has 5 heteroatoms. The molecule has 2 heterocycles. The highest BCUT2D eigenvalue weighted by Gasteiger charge is 2.58. The van der Waals surface area contributed by atoms with Gasteiger partial charge in [-0.05, 0) is 25.2 Å². The lowest BCUT2D eigenvalue weighted by molar-refractivity contribution is -0.128. The van der Waals surface area contributed by atoms with E-state index in [1.165, 1.54) is 38.5 Å². The maximum atomic E-state index is 12.7. The molecule has 114 valence electrons. The minimum atomic E-state index is -0.246. The Hall–Kier alpha value is -0.180. The van der Waals surface area contributed by atoms with Gasteiger partial charge in [0.2, 0.25) is 5.91 Å². The zero-order valence-electron chi connectivity index (χ0n) is 12.2. The SMILES string of the molecule is O=C1NC2CCCCCCCC2C12CC(CO)N(P)C2. The van der Waals surface area contributed by atoms with Crippen LogP contribution in [0.4, 0.5) is 0 Å². The minimum absolute atomic E-state index is 0.122. The van der Waals surface area contributed by atoms with Crippen LogP contribution in [0.2, 0.25) is 0 Å². The first kappa shape index (κ1) is 14.7. The summed E-state index contributed by atoms with van der Waals surface area (Å²) in [6.45, 7) is 0.936. The molecule has 0 aromatic heterocycles. The summed E-state index contributed by atoms with van der Waals surface area (Å²) in [5.41, 5.74) is -0.246. The summed E-state index contributed by atoms with van der Waals surface area (Å²) in [6.07, 6.45) is 9.57. The van der Waals surface area contributed by atoms with Crippen molar-refractivity contribution in [3.05, 3.63) is 0 Å². The molecule has 3 rings (SSSR count). The van der Waals surface area contributed by atoms with Gasteiger partial charge in [-0.3, -0.25) is 9.46 Å². The van der Waals surface area contributed by atoms with Gasteiger partial charge in [0.25, 0.3) is 0 Å². The maximum Gasteiger partial charge on any atom is 0.228 e. The number of nitrogens with zero attached hydrogens (tertiary/aromatic N) is 1. The van der Waals surface area contributed by atoms with E-state index in [2.05, 4.69) is 19.4 Å². The third kappa shape index (κ3) is 2.40. The molecular weight excluding hydrogens is 271 g/mol. The first-order valence-corrected chi connectivity index (χ1v) is 8.62. The fraction of sp³-hybridized carbons (Fsp3) is 0.933. The Morgan fingerprint density at radius 1 is 1.25 bits per heavy atom. The Labute approximate surface area is 123 Å². The van der Waals surface area contributed by atoms with Crippen molar-refractivity contribution < 1.29 is 9.90 Å². The van der Waals surface area contributed by atoms with Crippen LogP contribution in [0, 0.1) is 11.3 Å². The normalized spacial score (nSPS) is 42.9. The van der Waals surface area contributed by atoms with Crippen molar-refractivity contribution >= 4 is 15.3 Å². The Morgan fingerprint density at radius 3 is 2.65 bits per heavy atom. The Bertz CT molecular complexity index is 379. The van der Waals surface area contributed by atoms with E-state index in [1.54, 1.807) is 0 Å². The van der Waals surface area contributed by atoms with Gasteiger partial charge in [-0.15, -0.1) is 0 Å². The van der Waals surface area contributed by atoms with Gasteiger partial charge in [0.05, 0.1) is 12.0 Å². The molecule has 3 aliphatic rings. The molecule has 3 fully saturated rings. The quantitative estimate of drug-likeness (QED) is 0.724. The molecule has 20 heavy (non-hydrogen) atoms. The number of amides is 1. The lowest BCUT2D eigenvalue weighted by atomic mass is 9.70. The number of carbonyl (C=O) groups is 1. The smallest absolute Gasteiger partial charge is 0.228 e. The molecule has 2 aliphatic heterocycles. The van der Waals surface area contributed by atoms with Gasteiger partial charge in [0.1, 0.15) is 0 Å². The van der Waals surface area contributed by atoms with Crippen LogP contribution in [0.1, 0.15) is 51.4 Å². The Balaban J connectivity index is 1.84. The number of hydrogen-bond acceptors (Lipinski definition) is 3. The van der Waals surface area contributed by atoms with E-state index < -0.39 is 0 Å². The summed E-state index contributed by atoms with van der Waals surface area (Å²) in [5.74, 6) is 0.712. The average molecular weight is 298 g/mol. The van der Waals surface area contributed by atoms with E-state index in [0.29, 0.717) is 12.0 Å². The lowest BCUT2D eigenvalue weighted by Crippen LogP contribution is -2.37. The standard InChI is InChI=1S/C15H27N2O2P/c18-9-11-8-15(10-17(11)20)12-6-4-2-1-3-5-7-13(12)16-14(15)19/h11-13,18H,1-10,20H2,(H,16,19). The summed E-state index contributed by atoms with van der Waals surface area (Å²) in [6, 6.07) is 0.494. The van der Waals surface area contributed by atoms with Crippen molar-refractivity contribution in [2.24, 2.45) is 11.3 Å². The summed E-state index contributed by atoms with van der Waals surface area (Å²) >= 11 is 0. The predicted octanol–water partition coefficient (Wildman–Crippen LogP) is 1.69. The number of nitrogens with one attached hydrogen (secondary N) is 1. The molecule has 0 bridgehead atoms. The van der Waals surface area contributed by atoms with E-state index >= 15 is 0 Å². The molecule has 1 aliphatic carbocycles.